The lowest BCUT2D eigenvalue weighted by atomic mass is 10.0. The molecule has 4 heteroatoms. The fourth-order valence-electron chi connectivity index (χ4n) is 2.20. The average Bonchev–Trinajstić information content (AvgIpc) is 2.64. The van der Waals surface area contributed by atoms with Crippen LogP contribution in [0.25, 0.3) is 22.5 Å². The Morgan fingerprint density at radius 1 is 0.792 bits per heavy atom. The van der Waals surface area contributed by atoms with Gasteiger partial charge in [0.2, 0.25) is 0 Å². The number of aryl methyl sites for hydroxylation is 1. The van der Waals surface area contributed by atoms with Gasteiger partial charge in [0, 0.05) is 24.8 Å². The van der Waals surface area contributed by atoms with Crippen LogP contribution in [0.5, 0.6) is 0 Å². The van der Waals surface area contributed by atoms with Crippen molar-refractivity contribution in [2.75, 3.05) is 13.7 Å². The standard InChI is InChI=1S/C16H13N3.C4H10O/c1-12-17-15(13-8-4-2-5-9-13)16(19-18-12)14-10-6-3-7-11-14;1-3-4-5-2/h2-11H,1H3;3-4H2,1-2H3. The quantitative estimate of drug-likeness (QED) is 0.707. The summed E-state index contributed by atoms with van der Waals surface area (Å²) in [6.45, 7) is 4.83. The van der Waals surface area contributed by atoms with E-state index in [0.29, 0.717) is 5.82 Å². The van der Waals surface area contributed by atoms with E-state index in [1.807, 2.05) is 67.6 Å². The third-order valence-electron chi connectivity index (χ3n) is 3.30. The Kier molecular flexibility index (Phi) is 7.05. The lowest BCUT2D eigenvalue weighted by molar-refractivity contribution is 0.199. The molecular formula is C20H23N3O. The molecule has 1 heterocycles. The molecule has 1 aromatic heterocycles. The van der Waals surface area contributed by atoms with Crippen molar-refractivity contribution >= 4 is 0 Å². The lowest BCUT2D eigenvalue weighted by Crippen LogP contribution is -1.99. The van der Waals surface area contributed by atoms with Crippen molar-refractivity contribution in [2.24, 2.45) is 0 Å². The summed E-state index contributed by atoms with van der Waals surface area (Å²) in [5, 5.41) is 8.39. The van der Waals surface area contributed by atoms with Gasteiger partial charge in [-0.1, -0.05) is 67.6 Å². The molecule has 0 fully saturated rings. The Morgan fingerprint density at radius 2 is 1.33 bits per heavy atom. The van der Waals surface area contributed by atoms with Gasteiger partial charge in [-0.3, -0.25) is 0 Å². The first-order valence-electron chi connectivity index (χ1n) is 8.07. The van der Waals surface area contributed by atoms with Crippen molar-refractivity contribution < 1.29 is 4.74 Å². The van der Waals surface area contributed by atoms with E-state index < -0.39 is 0 Å². The SMILES string of the molecule is CCCOC.Cc1nnc(-c2ccccc2)c(-c2ccccc2)n1. The molecule has 0 aliphatic heterocycles. The molecule has 124 valence electrons. The number of rotatable bonds is 4. The highest BCUT2D eigenvalue weighted by molar-refractivity contribution is 5.77. The predicted octanol–water partition coefficient (Wildman–Crippen LogP) is 4.56. The van der Waals surface area contributed by atoms with E-state index in [-0.39, 0.29) is 0 Å². The van der Waals surface area contributed by atoms with E-state index in [1.54, 1.807) is 7.11 Å². The minimum atomic E-state index is 0.679. The minimum Gasteiger partial charge on any atom is -0.385 e. The second-order valence-electron chi connectivity index (χ2n) is 5.28. The number of benzene rings is 2. The van der Waals surface area contributed by atoms with Crippen LogP contribution in [-0.4, -0.2) is 28.9 Å². The molecule has 2 aromatic carbocycles. The van der Waals surface area contributed by atoms with Crippen molar-refractivity contribution in [3.8, 4) is 22.5 Å². The Labute approximate surface area is 143 Å². The van der Waals surface area contributed by atoms with Gasteiger partial charge >= 0.3 is 0 Å². The molecule has 0 aliphatic carbocycles. The molecule has 0 unspecified atom stereocenters. The minimum absolute atomic E-state index is 0.679. The van der Waals surface area contributed by atoms with Gasteiger partial charge in [0.05, 0.1) is 0 Å². The zero-order chi connectivity index (χ0) is 17.2. The van der Waals surface area contributed by atoms with Crippen LogP contribution in [0.15, 0.2) is 60.7 Å². The van der Waals surface area contributed by atoms with E-state index in [9.17, 15) is 0 Å². The summed E-state index contributed by atoms with van der Waals surface area (Å²) in [7, 11) is 1.71. The molecule has 0 aliphatic rings. The van der Waals surface area contributed by atoms with Gasteiger partial charge < -0.3 is 4.74 Å². The van der Waals surface area contributed by atoms with Crippen LogP contribution in [0, 0.1) is 6.92 Å². The molecule has 0 atom stereocenters. The van der Waals surface area contributed by atoms with Gasteiger partial charge in [-0.15, -0.1) is 10.2 Å². The molecule has 0 amide bonds. The van der Waals surface area contributed by atoms with Crippen molar-refractivity contribution in [3.63, 3.8) is 0 Å². The van der Waals surface area contributed by atoms with Crippen molar-refractivity contribution in [2.45, 2.75) is 20.3 Å². The monoisotopic (exact) mass is 321 g/mol. The van der Waals surface area contributed by atoms with Crippen LogP contribution >= 0.6 is 0 Å². The second kappa shape index (κ2) is 9.53. The maximum Gasteiger partial charge on any atom is 0.148 e. The largest absolute Gasteiger partial charge is 0.385 e. The maximum absolute atomic E-state index is 4.69. The lowest BCUT2D eigenvalue weighted by Gasteiger charge is -2.07. The summed E-state index contributed by atoms with van der Waals surface area (Å²) in [6, 6.07) is 20.1. The van der Waals surface area contributed by atoms with E-state index in [1.165, 1.54) is 0 Å². The van der Waals surface area contributed by atoms with Crippen LogP contribution in [0.2, 0.25) is 0 Å². The fraction of sp³-hybridized carbons (Fsp3) is 0.250. The highest BCUT2D eigenvalue weighted by Crippen LogP contribution is 2.27. The zero-order valence-corrected chi connectivity index (χ0v) is 14.4. The molecule has 3 rings (SSSR count). The fourth-order valence-corrected chi connectivity index (χ4v) is 2.20. The summed E-state index contributed by atoms with van der Waals surface area (Å²) in [4.78, 5) is 4.55. The first-order valence-corrected chi connectivity index (χ1v) is 8.07. The number of nitrogens with zero attached hydrogens (tertiary/aromatic N) is 3. The highest BCUT2D eigenvalue weighted by Gasteiger charge is 2.11. The van der Waals surface area contributed by atoms with Crippen LogP contribution < -0.4 is 0 Å². The van der Waals surface area contributed by atoms with E-state index in [2.05, 4.69) is 22.1 Å². The second-order valence-corrected chi connectivity index (χ2v) is 5.28. The Bertz CT molecular complexity index is 728. The van der Waals surface area contributed by atoms with Gasteiger partial charge in [-0.2, -0.15) is 0 Å². The summed E-state index contributed by atoms with van der Waals surface area (Å²) in [6.07, 6.45) is 1.12. The number of methoxy groups -OCH3 is 1. The van der Waals surface area contributed by atoms with E-state index in [0.717, 1.165) is 35.5 Å². The third-order valence-corrected chi connectivity index (χ3v) is 3.30. The van der Waals surface area contributed by atoms with Gasteiger partial charge in [0.1, 0.15) is 17.2 Å². The van der Waals surface area contributed by atoms with Crippen molar-refractivity contribution in [1.82, 2.24) is 15.2 Å². The molecule has 0 radical (unpaired) electrons. The van der Waals surface area contributed by atoms with Gasteiger partial charge in [-0.25, -0.2) is 4.98 Å². The first kappa shape index (κ1) is 17.8. The molecular weight excluding hydrogens is 298 g/mol. The average molecular weight is 321 g/mol. The summed E-state index contributed by atoms with van der Waals surface area (Å²) < 4.78 is 4.69. The molecule has 0 saturated carbocycles. The molecule has 3 aromatic rings. The van der Waals surface area contributed by atoms with E-state index in [4.69, 9.17) is 4.74 Å². The smallest absolute Gasteiger partial charge is 0.148 e. The van der Waals surface area contributed by atoms with Crippen LogP contribution in [0.1, 0.15) is 19.2 Å². The summed E-state index contributed by atoms with van der Waals surface area (Å²) in [5.41, 5.74) is 3.78. The molecule has 0 saturated heterocycles. The topological polar surface area (TPSA) is 47.9 Å². The number of aromatic nitrogens is 3. The molecule has 0 spiro atoms. The van der Waals surface area contributed by atoms with Crippen molar-refractivity contribution in [1.29, 1.82) is 0 Å². The van der Waals surface area contributed by atoms with Gasteiger partial charge in [-0.05, 0) is 13.3 Å². The highest BCUT2D eigenvalue weighted by atomic mass is 16.5. The van der Waals surface area contributed by atoms with Gasteiger partial charge in [0.25, 0.3) is 0 Å². The van der Waals surface area contributed by atoms with Gasteiger partial charge in [0.15, 0.2) is 0 Å². The van der Waals surface area contributed by atoms with Crippen molar-refractivity contribution in [3.05, 3.63) is 66.5 Å². The summed E-state index contributed by atoms with van der Waals surface area (Å²) >= 11 is 0. The molecule has 24 heavy (non-hydrogen) atoms. The zero-order valence-electron chi connectivity index (χ0n) is 14.4. The Hall–Kier alpha value is -2.59. The number of ether oxygens (including phenoxy) is 1. The van der Waals surface area contributed by atoms with E-state index >= 15 is 0 Å². The molecule has 0 N–H and O–H groups in total. The third kappa shape index (κ3) is 4.96. The predicted molar refractivity (Wildman–Crippen MR) is 97.6 cm³/mol. The maximum atomic E-state index is 4.69. The Balaban J connectivity index is 0.000000368. The molecule has 4 nitrogen and oxygen atoms in total. The first-order chi connectivity index (χ1) is 11.8. The van der Waals surface area contributed by atoms with Crippen LogP contribution in [-0.2, 0) is 4.74 Å². The molecule has 0 bridgehead atoms. The summed E-state index contributed by atoms with van der Waals surface area (Å²) in [5.74, 6) is 0.679. The Morgan fingerprint density at radius 3 is 1.79 bits per heavy atom. The van der Waals surface area contributed by atoms with Crippen LogP contribution in [0.3, 0.4) is 0 Å². The number of hydrogen-bond donors (Lipinski definition) is 0. The number of hydrogen-bond acceptors (Lipinski definition) is 4. The normalized spacial score (nSPS) is 9.96. The van der Waals surface area contributed by atoms with Crippen LogP contribution in [0.4, 0.5) is 0 Å².